The van der Waals surface area contributed by atoms with Crippen LogP contribution in [0.15, 0.2) is 34.3 Å². The van der Waals surface area contributed by atoms with Crippen molar-refractivity contribution < 1.29 is 9.72 Å². The standard InChI is InChI=1S/C11H11BrN2O3/c1-7(2)5-11(15)13-10-6-8(14(16)17)3-4-9(10)12/h3-6H,1-2H3,(H,13,15). The molecule has 0 fully saturated rings. The van der Waals surface area contributed by atoms with Crippen molar-refractivity contribution >= 4 is 33.2 Å². The molecule has 0 atom stereocenters. The Bertz CT molecular complexity index is 493. The second-order valence-corrected chi connectivity index (χ2v) is 4.49. The summed E-state index contributed by atoms with van der Waals surface area (Å²) in [5.74, 6) is -0.314. The number of nitrogens with one attached hydrogen (secondary N) is 1. The summed E-state index contributed by atoms with van der Waals surface area (Å²) in [5.41, 5.74) is 1.16. The van der Waals surface area contributed by atoms with Gasteiger partial charge in [0.1, 0.15) is 0 Å². The zero-order valence-electron chi connectivity index (χ0n) is 9.36. The first-order valence-corrected chi connectivity index (χ1v) is 5.59. The molecule has 0 aliphatic heterocycles. The van der Waals surface area contributed by atoms with Gasteiger partial charge in [-0.1, -0.05) is 5.57 Å². The second kappa shape index (κ2) is 5.58. The van der Waals surface area contributed by atoms with Crippen LogP contribution in [0, 0.1) is 10.1 Å². The Hall–Kier alpha value is -1.69. The third-order valence-corrected chi connectivity index (χ3v) is 2.53. The molecule has 17 heavy (non-hydrogen) atoms. The molecule has 0 unspecified atom stereocenters. The van der Waals surface area contributed by atoms with E-state index in [1.54, 1.807) is 13.8 Å². The first kappa shape index (κ1) is 13.4. The van der Waals surface area contributed by atoms with Crippen LogP contribution in [0.4, 0.5) is 11.4 Å². The molecule has 0 aliphatic rings. The van der Waals surface area contributed by atoms with Gasteiger partial charge in [0.25, 0.3) is 5.69 Å². The molecule has 1 aromatic rings. The fourth-order valence-corrected chi connectivity index (χ4v) is 1.50. The number of halogens is 1. The summed E-state index contributed by atoms with van der Waals surface area (Å²) in [7, 11) is 0. The molecule has 90 valence electrons. The van der Waals surface area contributed by atoms with Crippen molar-refractivity contribution in [2.45, 2.75) is 13.8 Å². The number of benzene rings is 1. The van der Waals surface area contributed by atoms with E-state index >= 15 is 0 Å². The van der Waals surface area contributed by atoms with Crippen LogP contribution in [-0.4, -0.2) is 10.8 Å². The smallest absolute Gasteiger partial charge is 0.271 e. The van der Waals surface area contributed by atoms with Gasteiger partial charge >= 0.3 is 0 Å². The maximum Gasteiger partial charge on any atom is 0.271 e. The predicted molar refractivity (Wildman–Crippen MR) is 68.9 cm³/mol. The molecule has 0 saturated carbocycles. The lowest BCUT2D eigenvalue weighted by atomic mass is 10.2. The summed E-state index contributed by atoms with van der Waals surface area (Å²) in [6.45, 7) is 3.59. The molecule has 0 heterocycles. The van der Waals surface area contributed by atoms with Crippen LogP contribution in [0.5, 0.6) is 0 Å². The van der Waals surface area contributed by atoms with Gasteiger partial charge in [-0.2, -0.15) is 0 Å². The van der Waals surface area contributed by atoms with Gasteiger partial charge < -0.3 is 5.32 Å². The molecule has 1 rings (SSSR count). The van der Waals surface area contributed by atoms with Gasteiger partial charge in [-0.15, -0.1) is 0 Å². The minimum Gasteiger partial charge on any atom is -0.321 e. The third-order valence-electron chi connectivity index (χ3n) is 1.84. The number of nitro groups is 1. The summed E-state index contributed by atoms with van der Waals surface area (Å²) in [5, 5.41) is 13.2. The highest BCUT2D eigenvalue weighted by molar-refractivity contribution is 9.10. The van der Waals surface area contributed by atoms with Gasteiger partial charge in [0.2, 0.25) is 5.91 Å². The van der Waals surface area contributed by atoms with Crippen LogP contribution in [0.2, 0.25) is 0 Å². The normalized spacial score (nSPS) is 9.59. The van der Waals surface area contributed by atoms with Crippen molar-refractivity contribution in [2.75, 3.05) is 5.32 Å². The van der Waals surface area contributed by atoms with E-state index in [9.17, 15) is 14.9 Å². The Balaban J connectivity index is 2.98. The van der Waals surface area contributed by atoms with E-state index in [1.165, 1.54) is 24.3 Å². The molecule has 0 aromatic heterocycles. The van der Waals surface area contributed by atoms with Gasteiger partial charge in [-0.3, -0.25) is 14.9 Å². The molecule has 1 amide bonds. The Morgan fingerprint density at radius 2 is 2.12 bits per heavy atom. The minimum atomic E-state index is -0.511. The van der Waals surface area contributed by atoms with E-state index in [0.717, 1.165) is 5.57 Å². The van der Waals surface area contributed by atoms with Crippen molar-refractivity contribution in [1.29, 1.82) is 0 Å². The van der Waals surface area contributed by atoms with E-state index in [-0.39, 0.29) is 11.6 Å². The van der Waals surface area contributed by atoms with E-state index < -0.39 is 4.92 Å². The lowest BCUT2D eigenvalue weighted by Gasteiger charge is -2.05. The maximum atomic E-state index is 11.5. The lowest BCUT2D eigenvalue weighted by molar-refractivity contribution is -0.384. The van der Waals surface area contributed by atoms with Crippen LogP contribution in [0.1, 0.15) is 13.8 Å². The zero-order chi connectivity index (χ0) is 13.0. The number of nitro benzene ring substituents is 1. The summed E-state index contributed by atoms with van der Waals surface area (Å²) in [4.78, 5) is 21.6. The van der Waals surface area contributed by atoms with Crippen LogP contribution < -0.4 is 5.32 Å². The summed E-state index contributed by atoms with van der Waals surface area (Å²) < 4.78 is 0.596. The molecular formula is C11H11BrN2O3. The number of rotatable bonds is 3. The SMILES string of the molecule is CC(C)=CC(=O)Nc1cc([N+](=O)[O-])ccc1Br. The number of non-ortho nitro benzene ring substituents is 1. The lowest BCUT2D eigenvalue weighted by Crippen LogP contribution is -2.09. The molecule has 6 heteroatoms. The average Bonchev–Trinajstić information content (AvgIpc) is 2.19. The number of anilines is 1. The number of carbonyl (C=O) groups is 1. The number of nitrogens with zero attached hydrogens (tertiary/aromatic N) is 1. The zero-order valence-corrected chi connectivity index (χ0v) is 10.9. The maximum absolute atomic E-state index is 11.5. The summed E-state index contributed by atoms with van der Waals surface area (Å²) in [6, 6.07) is 4.19. The highest BCUT2D eigenvalue weighted by Crippen LogP contribution is 2.27. The second-order valence-electron chi connectivity index (χ2n) is 3.63. The van der Waals surface area contributed by atoms with Crippen molar-refractivity contribution in [3.63, 3.8) is 0 Å². The van der Waals surface area contributed by atoms with E-state index in [0.29, 0.717) is 10.2 Å². The molecule has 0 bridgehead atoms. The largest absolute Gasteiger partial charge is 0.321 e. The van der Waals surface area contributed by atoms with Crippen LogP contribution in [0.3, 0.4) is 0 Å². The van der Waals surface area contributed by atoms with Crippen LogP contribution in [0.25, 0.3) is 0 Å². The number of amides is 1. The average molecular weight is 299 g/mol. The fraction of sp³-hybridized carbons (Fsp3) is 0.182. The third kappa shape index (κ3) is 3.99. The van der Waals surface area contributed by atoms with Gasteiger partial charge in [-0.05, 0) is 35.8 Å². The van der Waals surface area contributed by atoms with E-state index in [1.807, 2.05) is 0 Å². The summed E-state index contributed by atoms with van der Waals surface area (Å²) >= 11 is 3.22. The molecular weight excluding hydrogens is 288 g/mol. The Morgan fingerprint density at radius 3 is 2.65 bits per heavy atom. The van der Waals surface area contributed by atoms with Crippen LogP contribution in [-0.2, 0) is 4.79 Å². The number of hydrogen-bond donors (Lipinski definition) is 1. The Labute approximate surface area is 107 Å². The highest BCUT2D eigenvalue weighted by Gasteiger charge is 2.10. The Morgan fingerprint density at radius 1 is 1.47 bits per heavy atom. The monoisotopic (exact) mass is 298 g/mol. The topological polar surface area (TPSA) is 72.2 Å². The van der Waals surface area contributed by atoms with Crippen LogP contribution >= 0.6 is 15.9 Å². The fourth-order valence-electron chi connectivity index (χ4n) is 1.15. The molecule has 0 saturated heterocycles. The van der Waals surface area contributed by atoms with Crippen molar-refractivity contribution in [3.05, 3.63) is 44.4 Å². The highest BCUT2D eigenvalue weighted by atomic mass is 79.9. The molecule has 1 N–H and O–H groups in total. The van der Waals surface area contributed by atoms with Crippen molar-refractivity contribution in [1.82, 2.24) is 0 Å². The van der Waals surface area contributed by atoms with Crippen molar-refractivity contribution in [3.8, 4) is 0 Å². The summed E-state index contributed by atoms with van der Waals surface area (Å²) in [6.07, 6.45) is 1.42. The molecule has 0 aliphatic carbocycles. The quantitative estimate of drug-likeness (QED) is 0.529. The van der Waals surface area contributed by atoms with Gasteiger partial charge in [0.05, 0.1) is 10.6 Å². The Kier molecular flexibility index (Phi) is 4.39. The predicted octanol–water partition coefficient (Wildman–Crippen LogP) is 3.26. The minimum absolute atomic E-state index is 0.0688. The first-order valence-electron chi connectivity index (χ1n) is 4.80. The van der Waals surface area contributed by atoms with Crippen molar-refractivity contribution in [2.24, 2.45) is 0 Å². The molecule has 0 radical (unpaired) electrons. The number of allylic oxidation sites excluding steroid dienone is 1. The molecule has 5 nitrogen and oxygen atoms in total. The number of hydrogen-bond acceptors (Lipinski definition) is 3. The number of carbonyl (C=O) groups excluding carboxylic acids is 1. The molecule has 0 spiro atoms. The van der Waals surface area contributed by atoms with E-state index in [2.05, 4.69) is 21.2 Å². The first-order chi connectivity index (χ1) is 7.90. The van der Waals surface area contributed by atoms with Gasteiger partial charge in [0, 0.05) is 22.7 Å². The molecule has 1 aromatic carbocycles. The van der Waals surface area contributed by atoms with E-state index in [4.69, 9.17) is 0 Å². The van der Waals surface area contributed by atoms with Gasteiger partial charge in [-0.25, -0.2) is 0 Å². The van der Waals surface area contributed by atoms with Gasteiger partial charge in [0.15, 0.2) is 0 Å².